The molecule has 112 valence electrons. The molecule has 21 heavy (non-hydrogen) atoms. The number of carboxylic acids is 1. The summed E-state index contributed by atoms with van der Waals surface area (Å²) < 4.78 is 10.1. The zero-order valence-electron chi connectivity index (χ0n) is 11.9. The van der Waals surface area contributed by atoms with Crippen LogP contribution in [0.5, 0.6) is 5.75 Å². The van der Waals surface area contributed by atoms with Gasteiger partial charge in [-0.1, -0.05) is 18.5 Å². The number of aromatic nitrogens is 2. The highest BCUT2D eigenvalue weighted by atomic mass is 16.5. The van der Waals surface area contributed by atoms with Gasteiger partial charge in [0, 0.05) is 5.56 Å². The Balaban J connectivity index is 2.11. The van der Waals surface area contributed by atoms with Gasteiger partial charge in [0.05, 0.1) is 7.11 Å². The topological polar surface area (TPSA) is 97.5 Å². The van der Waals surface area contributed by atoms with Gasteiger partial charge < -0.3 is 19.7 Å². The maximum Gasteiger partial charge on any atom is 0.326 e. The molecule has 0 fully saturated rings. The minimum absolute atomic E-state index is 0.0988. The largest absolute Gasteiger partial charge is 0.497 e. The maximum absolute atomic E-state index is 11.1. The van der Waals surface area contributed by atoms with Crippen molar-refractivity contribution in [1.29, 1.82) is 0 Å². The van der Waals surface area contributed by atoms with Crippen LogP contribution in [0.25, 0.3) is 11.4 Å². The van der Waals surface area contributed by atoms with E-state index in [1.54, 1.807) is 31.4 Å². The number of ether oxygens (including phenoxy) is 1. The van der Waals surface area contributed by atoms with E-state index >= 15 is 0 Å². The van der Waals surface area contributed by atoms with Crippen molar-refractivity contribution >= 4 is 12.0 Å². The quantitative estimate of drug-likeness (QED) is 0.808. The Kier molecular flexibility index (Phi) is 4.76. The van der Waals surface area contributed by atoms with Crippen molar-refractivity contribution < 1.29 is 19.2 Å². The predicted molar refractivity (Wildman–Crippen MR) is 76.2 cm³/mol. The standard InChI is InChI=1S/C14H17N3O4/c1-3-4-11(13(18)19)15-14-16-12(17-21-14)9-5-7-10(20-2)8-6-9/h5-8,11H,3-4H2,1-2H3,(H,18,19)(H,15,16,17). The highest BCUT2D eigenvalue weighted by Crippen LogP contribution is 2.21. The molecular weight excluding hydrogens is 274 g/mol. The highest BCUT2D eigenvalue weighted by Gasteiger charge is 2.19. The number of benzene rings is 1. The summed E-state index contributed by atoms with van der Waals surface area (Å²) in [5, 5.41) is 15.6. The molecule has 0 amide bonds. The van der Waals surface area contributed by atoms with Crippen LogP contribution in [0.15, 0.2) is 28.8 Å². The Bertz CT molecular complexity index is 595. The summed E-state index contributed by atoms with van der Waals surface area (Å²) in [7, 11) is 1.59. The van der Waals surface area contributed by atoms with Crippen LogP contribution in [0, 0.1) is 0 Å². The molecule has 0 spiro atoms. The molecule has 0 radical (unpaired) electrons. The Morgan fingerprint density at radius 1 is 1.43 bits per heavy atom. The summed E-state index contributed by atoms with van der Waals surface area (Å²) in [5.74, 6) is 0.177. The fraction of sp³-hybridized carbons (Fsp3) is 0.357. The Hall–Kier alpha value is -2.57. The van der Waals surface area contributed by atoms with Crippen LogP contribution in [-0.2, 0) is 4.79 Å². The number of carbonyl (C=O) groups is 1. The van der Waals surface area contributed by atoms with E-state index in [-0.39, 0.29) is 6.01 Å². The van der Waals surface area contributed by atoms with E-state index in [0.29, 0.717) is 12.2 Å². The Labute approximate surface area is 121 Å². The molecule has 1 atom stereocenters. The first kappa shape index (κ1) is 14.8. The molecule has 0 aliphatic carbocycles. The van der Waals surface area contributed by atoms with Gasteiger partial charge in [0.2, 0.25) is 5.82 Å². The summed E-state index contributed by atoms with van der Waals surface area (Å²) in [6, 6.07) is 6.54. The normalized spacial score (nSPS) is 11.9. The highest BCUT2D eigenvalue weighted by molar-refractivity contribution is 5.76. The van der Waals surface area contributed by atoms with Crippen molar-refractivity contribution in [3.05, 3.63) is 24.3 Å². The molecule has 0 aliphatic rings. The molecule has 2 aromatic rings. The monoisotopic (exact) mass is 291 g/mol. The van der Waals surface area contributed by atoms with Crippen LogP contribution in [0.1, 0.15) is 19.8 Å². The van der Waals surface area contributed by atoms with Crippen molar-refractivity contribution in [2.45, 2.75) is 25.8 Å². The van der Waals surface area contributed by atoms with Gasteiger partial charge in [-0.3, -0.25) is 0 Å². The second-order valence-corrected chi connectivity index (χ2v) is 4.48. The first-order valence-corrected chi connectivity index (χ1v) is 6.61. The lowest BCUT2D eigenvalue weighted by Gasteiger charge is -2.10. The SMILES string of the molecule is CCCC(Nc1nc(-c2ccc(OC)cc2)no1)C(=O)O. The van der Waals surface area contributed by atoms with E-state index in [1.807, 2.05) is 6.92 Å². The van der Waals surface area contributed by atoms with E-state index in [0.717, 1.165) is 17.7 Å². The third-order valence-electron chi connectivity index (χ3n) is 2.95. The summed E-state index contributed by atoms with van der Waals surface area (Å²) >= 11 is 0. The molecule has 0 saturated carbocycles. The van der Waals surface area contributed by atoms with Gasteiger partial charge >= 0.3 is 12.0 Å². The number of nitrogens with zero attached hydrogens (tertiary/aromatic N) is 2. The van der Waals surface area contributed by atoms with Crippen molar-refractivity contribution in [3.8, 4) is 17.1 Å². The maximum atomic E-state index is 11.1. The molecule has 0 aliphatic heterocycles. The van der Waals surface area contributed by atoms with Gasteiger partial charge in [0.1, 0.15) is 11.8 Å². The number of anilines is 1. The molecule has 1 heterocycles. The summed E-state index contributed by atoms with van der Waals surface area (Å²) in [4.78, 5) is 15.2. The van der Waals surface area contributed by atoms with Crippen LogP contribution in [0.3, 0.4) is 0 Å². The van der Waals surface area contributed by atoms with Gasteiger partial charge in [0.25, 0.3) is 0 Å². The van der Waals surface area contributed by atoms with Crippen LogP contribution in [0.4, 0.5) is 6.01 Å². The van der Waals surface area contributed by atoms with E-state index < -0.39 is 12.0 Å². The number of methoxy groups -OCH3 is 1. The van der Waals surface area contributed by atoms with Crippen molar-refractivity contribution in [2.75, 3.05) is 12.4 Å². The van der Waals surface area contributed by atoms with Gasteiger partial charge in [0.15, 0.2) is 0 Å². The summed E-state index contributed by atoms with van der Waals surface area (Å²) in [6.07, 6.45) is 1.22. The second-order valence-electron chi connectivity index (χ2n) is 4.48. The fourth-order valence-electron chi connectivity index (χ4n) is 1.83. The van der Waals surface area contributed by atoms with Crippen LogP contribution < -0.4 is 10.1 Å². The van der Waals surface area contributed by atoms with Crippen LogP contribution in [-0.4, -0.2) is 34.4 Å². The van der Waals surface area contributed by atoms with E-state index in [2.05, 4.69) is 15.5 Å². The van der Waals surface area contributed by atoms with Crippen molar-refractivity contribution in [2.24, 2.45) is 0 Å². The smallest absolute Gasteiger partial charge is 0.326 e. The van der Waals surface area contributed by atoms with Gasteiger partial charge in [-0.15, -0.1) is 0 Å². The van der Waals surface area contributed by atoms with E-state index in [1.165, 1.54) is 0 Å². The zero-order chi connectivity index (χ0) is 15.2. The molecule has 1 unspecified atom stereocenters. The predicted octanol–water partition coefficient (Wildman–Crippen LogP) is 2.41. The summed E-state index contributed by atoms with van der Waals surface area (Å²) in [5.41, 5.74) is 0.759. The molecular formula is C14H17N3O4. The zero-order valence-corrected chi connectivity index (χ0v) is 11.9. The number of nitrogens with one attached hydrogen (secondary N) is 1. The Morgan fingerprint density at radius 3 is 2.71 bits per heavy atom. The minimum Gasteiger partial charge on any atom is -0.497 e. The van der Waals surface area contributed by atoms with Crippen molar-refractivity contribution in [3.63, 3.8) is 0 Å². The lowest BCUT2D eigenvalue weighted by atomic mass is 10.2. The van der Waals surface area contributed by atoms with Crippen LogP contribution in [0.2, 0.25) is 0 Å². The Morgan fingerprint density at radius 2 is 2.14 bits per heavy atom. The lowest BCUT2D eigenvalue weighted by molar-refractivity contribution is -0.138. The summed E-state index contributed by atoms with van der Waals surface area (Å²) in [6.45, 7) is 1.91. The van der Waals surface area contributed by atoms with Gasteiger partial charge in [-0.25, -0.2) is 4.79 Å². The number of aliphatic carboxylic acids is 1. The van der Waals surface area contributed by atoms with E-state index in [4.69, 9.17) is 14.4 Å². The molecule has 1 aromatic heterocycles. The van der Waals surface area contributed by atoms with Gasteiger partial charge in [-0.2, -0.15) is 4.98 Å². The molecule has 0 bridgehead atoms. The molecule has 0 saturated heterocycles. The number of carboxylic acid groups (broad SMARTS) is 1. The first-order chi connectivity index (χ1) is 10.1. The molecule has 2 rings (SSSR count). The number of rotatable bonds is 7. The lowest BCUT2D eigenvalue weighted by Crippen LogP contribution is -2.29. The fourth-order valence-corrected chi connectivity index (χ4v) is 1.83. The first-order valence-electron chi connectivity index (χ1n) is 6.61. The third-order valence-corrected chi connectivity index (χ3v) is 2.95. The molecule has 7 nitrogen and oxygen atoms in total. The van der Waals surface area contributed by atoms with Crippen LogP contribution >= 0.6 is 0 Å². The average Bonchev–Trinajstić information content (AvgIpc) is 2.95. The number of hydrogen-bond acceptors (Lipinski definition) is 6. The minimum atomic E-state index is -0.943. The molecule has 2 N–H and O–H groups in total. The number of hydrogen-bond donors (Lipinski definition) is 2. The van der Waals surface area contributed by atoms with Crippen molar-refractivity contribution in [1.82, 2.24) is 10.1 Å². The third kappa shape index (κ3) is 3.71. The average molecular weight is 291 g/mol. The van der Waals surface area contributed by atoms with E-state index in [9.17, 15) is 4.79 Å². The molecule has 1 aromatic carbocycles. The van der Waals surface area contributed by atoms with Gasteiger partial charge in [-0.05, 0) is 30.7 Å². The second kappa shape index (κ2) is 6.74. The molecule has 7 heteroatoms.